The molecule has 0 radical (unpaired) electrons. The van der Waals surface area contributed by atoms with Crippen molar-refractivity contribution >= 4 is 12.4 Å². The SMILES string of the molecule is CCN(C)Cc1ccc(OCCCc2coc(-c3cc(C(C)(C)C)c(O)c(C(C)(C)C)c3)n2)cc1.Cl. The van der Waals surface area contributed by atoms with Crippen molar-refractivity contribution in [1.29, 1.82) is 0 Å². The van der Waals surface area contributed by atoms with Gasteiger partial charge in [0.05, 0.1) is 12.3 Å². The van der Waals surface area contributed by atoms with E-state index in [9.17, 15) is 5.11 Å². The molecule has 0 amide bonds. The predicted octanol–water partition coefficient (Wildman–Crippen LogP) is 7.53. The van der Waals surface area contributed by atoms with Gasteiger partial charge in [0.15, 0.2) is 0 Å². The van der Waals surface area contributed by atoms with Gasteiger partial charge in [-0.05, 0) is 67.1 Å². The molecule has 2 aromatic carbocycles. The van der Waals surface area contributed by atoms with Crippen molar-refractivity contribution in [3.63, 3.8) is 0 Å². The van der Waals surface area contributed by atoms with Gasteiger partial charge in [0, 0.05) is 23.2 Å². The number of aryl methyl sites for hydroxylation is 1. The topological polar surface area (TPSA) is 58.7 Å². The van der Waals surface area contributed by atoms with Crippen LogP contribution in [-0.4, -0.2) is 35.2 Å². The molecular formula is C30H43ClN2O3. The molecule has 0 spiro atoms. The summed E-state index contributed by atoms with van der Waals surface area (Å²) in [6.45, 7) is 17.4. The number of halogens is 1. The lowest BCUT2D eigenvalue weighted by atomic mass is 9.78. The fraction of sp³-hybridized carbons (Fsp3) is 0.500. The lowest BCUT2D eigenvalue weighted by Crippen LogP contribution is -2.17. The summed E-state index contributed by atoms with van der Waals surface area (Å²) in [7, 11) is 2.12. The lowest BCUT2D eigenvalue weighted by Gasteiger charge is -2.27. The number of nitrogens with zero attached hydrogens (tertiary/aromatic N) is 2. The zero-order chi connectivity index (χ0) is 25.8. The van der Waals surface area contributed by atoms with Crippen LogP contribution < -0.4 is 4.74 Å². The molecule has 5 nitrogen and oxygen atoms in total. The molecule has 0 atom stereocenters. The molecule has 0 saturated carbocycles. The van der Waals surface area contributed by atoms with Gasteiger partial charge in [-0.1, -0.05) is 60.6 Å². The quantitative estimate of drug-likeness (QED) is 0.299. The molecule has 1 aromatic heterocycles. The van der Waals surface area contributed by atoms with E-state index in [0.29, 0.717) is 18.2 Å². The van der Waals surface area contributed by atoms with Crippen molar-refractivity contribution in [2.45, 2.75) is 78.7 Å². The molecule has 6 heteroatoms. The Balaban J connectivity index is 0.00000456. The number of aromatic nitrogens is 1. The van der Waals surface area contributed by atoms with E-state index in [-0.39, 0.29) is 23.2 Å². The van der Waals surface area contributed by atoms with E-state index in [0.717, 1.165) is 54.1 Å². The Morgan fingerprint density at radius 1 is 0.972 bits per heavy atom. The van der Waals surface area contributed by atoms with Crippen molar-refractivity contribution in [3.8, 4) is 23.0 Å². The second-order valence-corrected chi connectivity index (χ2v) is 11.5. The minimum Gasteiger partial charge on any atom is -0.507 e. The highest BCUT2D eigenvalue weighted by atomic mass is 35.5. The van der Waals surface area contributed by atoms with Crippen LogP contribution in [0, 0.1) is 0 Å². The average Bonchev–Trinajstić information content (AvgIpc) is 3.25. The fourth-order valence-corrected chi connectivity index (χ4v) is 4.01. The van der Waals surface area contributed by atoms with Gasteiger partial charge in [-0.25, -0.2) is 4.98 Å². The van der Waals surface area contributed by atoms with Gasteiger partial charge in [-0.2, -0.15) is 0 Å². The summed E-state index contributed by atoms with van der Waals surface area (Å²) in [4.78, 5) is 7.01. The van der Waals surface area contributed by atoms with Gasteiger partial charge in [0.25, 0.3) is 0 Å². The van der Waals surface area contributed by atoms with Crippen LogP contribution in [0.5, 0.6) is 11.5 Å². The molecule has 0 saturated heterocycles. The third-order valence-corrected chi connectivity index (χ3v) is 6.29. The zero-order valence-electron chi connectivity index (χ0n) is 23.1. The van der Waals surface area contributed by atoms with Crippen molar-refractivity contribution in [1.82, 2.24) is 9.88 Å². The van der Waals surface area contributed by atoms with Gasteiger partial charge in [-0.15, -0.1) is 12.4 Å². The molecule has 198 valence electrons. The Labute approximate surface area is 223 Å². The van der Waals surface area contributed by atoms with Crippen LogP contribution in [0.15, 0.2) is 47.1 Å². The summed E-state index contributed by atoms with van der Waals surface area (Å²) in [5.41, 5.74) is 4.50. The van der Waals surface area contributed by atoms with Crippen LogP contribution in [0.2, 0.25) is 0 Å². The first kappa shape index (κ1) is 29.7. The monoisotopic (exact) mass is 514 g/mol. The van der Waals surface area contributed by atoms with E-state index in [4.69, 9.17) is 14.1 Å². The Kier molecular flexibility index (Phi) is 10.0. The maximum atomic E-state index is 11.0. The molecule has 0 aliphatic heterocycles. The van der Waals surface area contributed by atoms with Crippen molar-refractivity contribution in [2.24, 2.45) is 0 Å². The summed E-state index contributed by atoms with van der Waals surface area (Å²) in [6.07, 6.45) is 3.36. The number of phenolic OH excluding ortho intramolecular Hbond substituents is 1. The molecule has 1 heterocycles. The summed E-state index contributed by atoms with van der Waals surface area (Å²) in [5, 5.41) is 11.0. The minimum atomic E-state index is -0.197. The number of phenols is 1. The number of hydrogen-bond donors (Lipinski definition) is 1. The normalized spacial score (nSPS) is 12.0. The minimum absolute atomic E-state index is 0. The van der Waals surface area contributed by atoms with Crippen LogP contribution >= 0.6 is 12.4 Å². The van der Waals surface area contributed by atoms with Crippen LogP contribution in [0.4, 0.5) is 0 Å². The summed E-state index contributed by atoms with van der Waals surface area (Å²) in [5.74, 6) is 1.84. The average molecular weight is 515 g/mol. The number of hydrogen-bond acceptors (Lipinski definition) is 5. The molecule has 36 heavy (non-hydrogen) atoms. The molecule has 0 fully saturated rings. The molecule has 3 rings (SSSR count). The first-order valence-electron chi connectivity index (χ1n) is 12.6. The lowest BCUT2D eigenvalue weighted by molar-refractivity contribution is 0.310. The summed E-state index contributed by atoms with van der Waals surface area (Å²) >= 11 is 0. The van der Waals surface area contributed by atoms with Crippen LogP contribution in [0.3, 0.4) is 0 Å². The number of aromatic hydroxyl groups is 1. The summed E-state index contributed by atoms with van der Waals surface area (Å²) < 4.78 is 11.8. The van der Waals surface area contributed by atoms with Crippen molar-refractivity contribution in [2.75, 3.05) is 20.2 Å². The van der Waals surface area contributed by atoms with Gasteiger partial charge in [0.1, 0.15) is 17.8 Å². The van der Waals surface area contributed by atoms with Crippen molar-refractivity contribution < 1.29 is 14.3 Å². The standard InChI is InChI=1S/C30H42N2O3.ClH/c1-9-32(8)19-21-12-14-24(15-13-21)34-16-10-11-23-20-35-28(31-23)22-17-25(29(2,3)4)27(33)26(18-22)30(5,6)7;/h12-15,17-18,20,33H,9-11,16,19H2,1-8H3;1H. The molecule has 0 bridgehead atoms. The molecule has 1 N–H and O–H groups in total. The first-order valence-corrected chi connectivity index (χ1v) is 12.6. The second-order valence-electron chi connectivity index (χ2n) is 11.5. The third kappa shape index (κ3) is 7.75. The van der Waals surface area contributed by atoms with E-state index in [1.807, 2.05) is 24.3 Å². The smallest absolute Gasteiger partial charge is 0.226 e. The van der Waals surface area contributed by atoms with E-state index in [2.05, 4.69) is 72.5 Å². The molecule has 0 aliphatic carbocycles. The Morgan fingerprint density at radius 2 is 1.56 bits per heavy atom. The largest absolute Gasteiger partial charge is 0.507 e. The number of rotatable bonds is 9. The van der Waals surface area contributed by atoms with E-state index in [1.54, 1.807) is 6.26 Å². The maximum absolute atomic E-state index is 11.0. The van der Waals surface area contributed by atoms with Crippen molar-refractivity contribution in [3.05, 3.63) is 65.0 Å². The van der Waals surface area contributed by atoms with Crippen LogP contribution in [0.1, 0.15) is 77.3 Å². The number of benzene rings is 2. The van der Waals surface area contributed by atoms with Gasteiger partial charge < -0.3 is 19.2 Å². The van der Waals surface area contributed by atoms with E-state index in [1.165, 1.54) is 5.56 Å². The number of ether oxygens (including phenoxy) is 1. The Morgan fingerprint density at radius 3 is 2.08 bits per heavy atom. The van der Waals surface area contributed by atoms with E-state index >= 15 is 0 Å². The molecule has 0 aliphatic rings. The first-order chi connectivity index (χ1) is 16.4. The molecule has 0 unspecified atom stereocenters. The highest BCUT2D eigenvalue weighted by Crippen LogP contribution is 2.41. The number of oxazole rings is 1. The molecule has 3 aromatic rings. The highest BCUT2D eigenvalue weighted by Gasteiger charge is 2.27. The van der Waals surface area contributed by atoms with Crippen LogP contribution in [0.25, 0.3) is 11.5 Å². The zero-order valence-corrected chi connectivity index (χ0v) is 24.0. The van der Waals surface area contributed by atoms with Gasteiger partial charge >= 0.3 is 0 Å². The van der Waals surface area contributed by atoms with E-state index < -0.39 is 0 Å². The maximum Gasteiger partial charge on any atom is 0.226 e. The molecular weight excluding hydrogens is 472 g/mol. The fourth-order valence-electron chi connectivity index (χ4n) is 4.01. The summed E-state index contributed by atoms with van der Waals surface area (Å²) in [6, 6.07) is 12.3. The van der Waals surface area contributed by atoms with Gasteiger partial charge in [-0.3, -0.25) is 0 Å². The Hall–Kier alpha value is -2.50. The predicted molar refractivity (Wildman–Crippen MR) is 151 cm³/mol. The second kappa shape index (κ2) is 12.2. The van der Waals surface area contributed by atoms with Crippen LogP contribution in [-0.2, 0) is 23.8 Å². The Bertz CT molecular complexity index is 1070. The highest BCUT2D eigenvalue weighted by molar-refractivity contribution is 5.85. The van der Waals surface area contributed by atoms with Gasteiger partial charge in [0.2, 0.25) is 5.89 Å². The third-order valence-electron chi connectivity index (χ3n) is 6.29.